The van der Waals surface area contributed by atoms with Crippen LogP contribution >= 0.6 is 91.7 Å². The third kappa shape index (κ3) is 7.95. The summed E-state index contributed by atoms with van der Waals surface area (Å²) < 4.78 is 7.83. The van der Waals surface area contributed by atoms with Gasteiger partial charge in [-0.05, 0) is 99.3 Å². The zero-order valence-electron chi connectivity index (χ0n) is 16.2. The lowest BCUT2D eigenvalue weighted by Gasteiger charge is -2.12. The first-order valence-electron chi connectivity index (χ1n) is 9.08. The summed E-state index contributed by atoms with van der Waals surface area (Å²) >= 11 is 23.9. The van der Waals surface area contributed by atoms with Crippen LogP contribution in [0.2, 0.25) is 15.1 Å². The molecule has 1 amide bonds. The maximum absolute atomic E-state index is 12.0. The highest BCUT2D eigenvalue weighted by atomic mass is 127. The van der Waals surface area contributed by atoms with Gasteiger partial charge in [-0.1, -0.05) is 40.9 Å². The molecular formula is C22H15Cl3I2N2O2S. The summed E-state index contributed by atoms with van der Waals surface area (Å²) in [5.74, 6) is 0.830. The molecule has 32 heavy (non-hydrogen) atoms. The van der Waals surface area contributed by atoms with E-state index < -0.39 is 0 Å². The molecule has 3 rings (SSSR count). The molecule has 0 aliphatic heterocycles. The van der Waals surface area contributed by atoms with E-state index in [9.17, 15) is 4.79 Å². The van der Waals surface area contributed by atoms with Crippen molar-refractivity contribution in [3.05, 3.63) is 87.9 Å². The third-order valence-corrected chi connectivity index (χ3v) is 7.45. The number of rotatable bonds is 8. The molecule has 0 atom stereocenters. The minimum absolute atomic E-state index is 0.189. The van der Waals surface area contributed by atoms with Crippen molar-refractivity contribution in [3.8, 4) is 5.75 Å². The highest BCUT2D eigenvalue weighted by Gasteiger charge is 2.10. The van der Waals surface area contributed by atoms with Crippen LogP contribution in [0.4, 0.5) is 0 Å². The molecule has 0 radical (unpaired) electrons. The number of benzene rings is 3. The van der Waals surface area contributed by atoms with E-state index in [0.717, 1.165) is 28.9 Å². The average Bonchev–Trinajstić information content (AvgIpc) is 2.74. The summed E-state index contributed by atoms with van der Waals surface area (Å²) in [6.45, 7) is 0.330. The monoisotopic (exact) mass is 730 g/mol. The Kier molecular flexibility index (Phi) is 10.2. The van der Waals surface area contributed by atoms with Crippen molar-refractivity contribution in [2.45, 2.75) is 11.5 Å². The van der Waals surface area contributed by atoms with Crippen molar-refractivity contribution in [1.82, 2.24) is 5.43 Å². The Morgan fingerprint density at radius 1 is 1.00 bits per heavy atom. The van der Waals surface area contributed by atoms with Crippen molar-refractivity contribution in [2.24, 2.45) is 5.10 Å². The quantitative estimate of drug-likeness (QED) is 0.112. The zero-order valence-corrected chi connectivity index (χ0v) is 23.6. The lowest BCUT2D eigenvalue weighted by molar-refractivity contribution is -0.118. The number of carbonyl (C=O) groups is 1. The van der Waals surface area contributed by atoms with Gasteiger partial charge in [0.25, 0.3) is 0 Å². The van der Waals surface area contributed by atoms with Gasteiger partial charge in [0.15, 0.2) is 0 Å². The first-order valence-corrected chi connectivity index (χ1v) is 13.4. The summed E-state index contributed by atoms with van der Waals surface area (Å²) in [6.07, 6.45) is 1.61. The number of carbonyl (C=O) groups excluding carboxylic acids is 1. The van der Waals surface area contributed by atoms with E-state index in [4.69, 9.17) is 39.5 Å². The number of hydrogen-bond donors (Lipinski definition) is 1. The summed E-state index contributed by atoms with van der Waals surface area (Å²) in [5, 5.41) is 5.87. The summed E-state index contributed by atoms with van der Waals surface area (Å²) in [6, 6.07) is 16.5. The van der Waals surface area contributed by atoms with Crippen molar-refractivity contribution < 1.29 is 9.53 Å². The Morgan fingerprint density at radius 3 is 2.31 bits per heavy atom. The molecule has 0 fully saturated rings. The van der Waals surface area contributed by atoms with Crippen LogP contribution < -0.4 is 10.2 Å². The minimum Gasteiger partial charge on any atom is -0.487 e. The lowest BCUT2D eigenvalue weighted by Crippen LogP contribution is -2.19. The van der Waals surface area contributed by atoms with Gasteiger partial charge in [-0.3, -0.25) is 4.79 Å². The van der Waals surface area contributed by atoms with Crippen LogP contribution in [0.5, 0.6) is 5.75 Å². The predicted molar refractivity (Wildman–Crippen MR) is 151 cm³/mol. The Labute approximate surface area is 232 Å². The molecule has 0 aliphatic carbocycles. The number of nitrogens with zero attached hydrogens (tertiary/aromatic N) is 1. The normalized spacial score (nSPS) is 11.0. The molecule has 10 heteroatoms. The molecular weight excluding hydrogens is 716 g/mol. The van der Waals surface area contributed by atoms with E-state index in [-0.39, 0.29) is 11.7 Å². The van der Waals surface area contributed by atoms with Crippen LogP contribution in [0.1, 0.15) is 11.1 Å². The SMILES string of the molecule is O=C(CSc1ccc(Cl)cc1)N/N=C\c1cc(I)c(OCc2ccc(Cl)cc2Cl)c(I)c1. The minimum atomic E-state index is -0.189. The molecule has 0 aliphatic rings. The van der Waals surface area contributed by atoms with E-state index in [1.165, 1.54) is 11.8 Å². The van der Waals surface area contributed by atoms with Gasteiger partial charge in [0.2, 0.25) is 5.91 Å². The highest BCUT2D eigenvalue weighted by molar-refractivity contribution is 14.1. The second-order valence-electron chi connectivity index (χ2n) is 6.37. The first kappa shape index (κ1) is 25.9. The van der Waals surface area contributed by atoms with Crippen LogP contribution in [0.3, 0.4) is 0 Å². The second kappa shape index (κ2) is 12.7. The molecule has 4 nitrogen and oxygen atoms in total. The number of ether oxygens (including phenoxy) is 1. The molecule has 0 spiro atoms. The van der Waals surface area contributed by atoms with Gasteiger partial charge in [0.1, 0.15) is 12.4 Å². The molecule has 3 aromatic carbocycles. The largest absolute Gasteiger partial charge is 0.487 e. The fourth-order valence-electron chi connectivity index (χ4n) is 2.47. The van der Waals surface area contributed by atoms with Crippen LogP contribution in [-0.4, -0.2) is 17.9 Å². The van der Waals surface area contributed by atoms with Crippen molar-refractivity contribution >= 4 is 104 Å². The molecule has 0 heterocycles. The van der Waals surface area contributed by atoms with Gasteiger partial charge in [-0.25, -0.2) is 5.43 Å². The van der Waals surface area contributed by atoms with Crippen molar-refractivity contribution in [1.29, 1.82) is 0 Å². The summed E-state index contributed by atoms with van der Waals surface area (Å²) in [5.41, 5.74) is 4.25. The smallest absolute Gasteiger partial charge is 0.250 e. The topological polar surface area (TPSA) is 50.7 Å². The molecule has 0 unspecified atom stereocenters. The van der Waals surface area contributed by atoms with Crippen LogP contribution in [0, 0.1) is 7.14 Å². The third-order valence-electron chi connectivity index (χ3n) is 3.99. The fraction of sp³-hybridized carbons (Fsp3) is 0.0909. The molecule has 1 N–H and O–H groups in total. The van der Waals surface area contributed by atoms with Crippen molar-refractivity contribution in [2.75, 3.05) is 5.75 Å². The highest BCUT2D eigenvalue weighted by Crippen LogP contribution is 2.30. The van der Waals surface area contributed by atoms with E-state index in [2.05, 4.69) is 55.7 Å². The van der Waals surface area contributed by atoms with Crippen LogP contribution in [0.15, 0.2) is 64.6 Å². The molecule has 0 saturated heterocycles. The number of nitrogens with one attached hydrogen (secondary N) is 1. The lowest BCUT2D eigenvalue weighted by atomic mass is 10.2. The summed E-state index contributed by atoms with van der Waals surface area (Å²) in [7, 11) is 0. The molecule has 3 aromatic rings. The Morgan fingerprint density at radius 2 is 1.66 bits per heavy atom. The maximum Gasteiger partial charge on any atom is 0.250 e. The molecule has 0 bridgehead atoms. The zero-order chi connectivity index (χ0) is 23.1. The second-order valence-corrected chi connectivity index (χ2v) is 11.0. The van der Waals surface area contributed by atoms with E-state index in [0.29, 0.717) is 21.7 Å². The van der Waals surface area contributed by atoms with Crippen LogP contribution in [-0.2, 0) is 11.4 Å². The van der Waals surface area contributed by atoms with Crippen molar-refractivity contribution in [3.63, 3.8) is 0 Å². The van der Waals surface area contributed by atoms with Crippen LogP contribution in [0.25, 0.3) is 0 Å². The average molecular weight is 732 g/mol. The Hall–Kier alpha value is -0.720. The van der Waals surface area contributed by atoms with E-state index in [1.807, 2.05) is 30.3 Å². The fourth-order valence-corrected chi connectivity index (χ4v) is 5.88. The number of amides is 1. The Balaban J connectivity index is 1.55. The molecule has 0 saturated carbocycles. The standard InChI is InChI=1S/C22H15Cl3I2N2O2S/c23-15-3-5-17(6-4-15)32-12-21(30)29-28-10-13-7-19(26)22(20(27)8-13)31-11-14-1-2-16(24)9-18(14)25/h1-10H,11-12H2,(H,29,30)/b28-10-. The van der Waals surface area contributed by atoms with Gasteiger partial charge < -0.3 is 4.74 Å². The molecule has 0 aromatic heterocycles. The van der Waals surface area contributed by atoms with Gasteiger partial charge >= 0.3 is 0 Å². The summed E-state index contributed by atoms with van der Waals surface area (Å²) in [4.78, 5) is 13.0. The number of hydrogen-bond acceptors (Lipinski definition) is 4. The van der Waals surface area contributed by atoms with E-state index in [1.54, 1.807) is 30.5 Å². The number of halogens is 5. The Bertz CT molecular complexity index is 1120. The van der Waals surface area contributed by atoms with Gasteiger partial charge in [-0.15, -0.1) is 11.8 Å². The van der Waals surface area contributed by atoms with E-state index >= 15 is 0 Å². The number of hydrazone groups is 1. The molecule has 166 valence electrons. The van der Waals surface area contributed by atoms with Gasteiger partial charge in [0.05, 0.1) is 19.1 Å². The predicted octanol–water partition coefficient (Wildman–Crippen LogP) is 7.68. The first-order chi connectivity index (χ1) is 15.3. The maximum atomic E-state index is 12.0. The van der Waals surface area contributed by atoms with Gasteiger partial charge in [-0.2, -0.15) is 5.10 Å². The van der Waals surface area contributed by atoms with Gasteiger partial charge in [0, 0.05) is 25.5 Å². The number of thioether (sulfide) groups is 1.